The monoisotopic (exact) mass is 436 g/mol. The number of amidine groups is 1. The average molecular weight is 437 g/mol. The first-order valence-electron chi connectivity index (χ1n) is 9.44. The van der Waals surface area contributed by atoms with Gasteiger partial charge in [-0.2, -0.15) is 4.99 Å². The molecule has 1 aliphatic rings. The lowest BCUT2D eigenvalue weighted by Crippen LogP contribution is -2.33. The molecule has 0 aliphatic carbocycles. The second-order valence-electron chi connectivity index (χ2n) is 6.77. The highest BCUT2D eigenvalue weighted by Crippen LogP contribution is 2.34. The molecule has 1 atom stereocenters. The fourth-order valence-electron chi connectivity index (χ4n) is 3.09. The molecule has 2 amide bonds. The predicted octanol–water partition coefficient (Wildman–Crippen LogP) is 4.75. The van der Waals surface area contributed by atoms with Gasteiger partial charge in [-0.15, -0.1) is 6.58 Å². The Kier molecular flexibility index (Phi) is 5.96. The molecule has 0 unspecified atom stereocenters. The van der Waals surface area contributed by atoms with E-state index >= 15 is 0 Å². The molecule has 4 rings (SSSR count). The smallest absolute Gasteiger partial charge is 0.242 e. The number of benzene rings is 2. The number of amides is 2. The van der Waals surface area contributed by atoms with Gasteiger partial charge in [0, 0.05) is 18.7 Å². The van der Waals surface area contributed by atoms with Gasteiger partial charge < -0.3 is 5.32 Å². The zero-order valence-corrected chi connectivity index (χ0v) is 18.0. The summed E-state index contributed by atoms with van der Waals surface area (Å²) in [5.74, 6) is -0.338. The normalized spacial score (nSPS) is 17.6. The van der Waals surface area contributed by atoms with Crippen LogP contribution in [0, 0.1) is 6.92 Å². The van der Waals surface area contributed by atoms with Crippen molar-refractivity contribution in [1.82, 2.24) is 9.88 Å². The van der Waals surface area contributed by atoms with Crippen LogP contribution in [-0.4, -0.2) is 38.7 Å². The summed E-state index contributed by atoms with van der Waals surface area (Å²) in [6.07, 6.45) is 1.73. The van der Waals surface area contributed by atoms with Crippen LogP contribution in [-0.2, 0) is 9.59 Å². The number of nitrogens with one attached hydrogen (secondary N) is 1. The number of carbonyl (C=O) groups is 2. The lowest BCUT2D eigenvalue weighted by atomic mass is 10.2. The van der Waals surface area contributed by atoms with E-state index in [-0.39, 0.29) is 18.2 Å². The molecule has 2 heterocycles. The van der Waals surface area contributed by atoms with E-state index in [1.807, 2.05) is 55.5 Å². The summed E-state index contributed by atoms with van der Waals surface area (Å²) < 4.78 is 1.04. The Morgan fingerprint density at radius 1 is 1.27 bits per heavy atom. The van der Waals surface area contributed by atoms with Gasteiger partial charge in [-0.3, -0.25) is 14.5 Å². The van der Waals surface area contributed by atoms with Crippen LogP contribution in [0.15, 0.2) is 66.2 Å². The second kappa shape index (κ2) is 8.81. The largest absolute Gasteiger partial charge is 0.326 e. The number of hydrogen-bond acceptors (Lipinski definition) is 6. The van der Waals surface area contributed by atoms with Gasteiger partial charge in [0.15, 0.2) is 5.17 Å². The van der Waals surface area contributed by atoms with Gasteiger partial charge in [-0.1, -0.05) is 59.5 Å². The Hall–Kier alpha value is -2.97. The van der Waals surface area contributed by atoms with Crippen LogP contribution in [0.1, 0.15) is 12.0 Å². The van der Waals surface area contributed by atoms with E-state index in [1.165, 1.54) is 23.1 Å². The van der Waals surface area contributed by atoms with Crippen LogP contribution in [0.3, 0.4) is 0 Å². The number of carbonyl (C=O) groups excluding carboxylic acids is 2. The molecule has 0 bridgehead atoms. The minimum Gasteiger partial charge on any atom is -0.326 e. The van der Waals surface area contributed by atoms with Crippen LogP contribution >= 0.6 is 23.1 Å². The van der Waals surface area contributed by atoms with E-state index in [4.69, 9.17) is 0 Å². The Morgan fingerprint density at radius 2 is 2.03 bits per heavy atom. The topological polar surface area (TPSA) is 74.7 Å². The van der Waals surface area contributed by atoms with E-state index in [1.54, 1.807) is 11.0 Å². The fourth-order valence-corrected chi connectivity index (χ4v) is 5.14. The molecule has 30 heavy (non-hydrogen) atoms. The number of aliphatic imine (C=N–C) groups is 1. The highest BCUT2D eigenvalue weighted by molar-refractivity contribution is 8.15. The molecule has 1 fully saturated rings. The maximum absolute atomic E-state index is 12.9. The number of rotatable bonds is 6. The Labute approximate surface area is 182 Å². The molecule has 1 N–H and O–H groups in total. The van der Waals surface area contributed by atoms with Gasteiger partial charge in [0.1, 0.15) is 5.25 Å². The van der Waals surface area contributed by atoms with Gasteiger partial charge in [-0.25, -0.2) is 4.98 Å². The van der Waals surface area contributed by atoms with E-state index in [9.17, 15) is 9.59 Å². The zero-order chi connectivity index (χ0) is 21.1. The van der Waals surface area contributed by atoms with E-state index in [0.29, 0.717) is 16.8 Å². The number of anilines is 1. The molecule has 0 spiro atoms. The number of aryl methyl sites for hydroxylation is 1. The summed E-state index contributed by atoms with van der Waals surface area (Å²) >= 11 is 2.77. The minimum absolute atomic E-state index is 0.0738. The maximum atomic E-state index is 12.9. The highest BCUT2D eigenvalue weighted by atomic mass is 32.2. The van der Waals surface area contributed by atoms with Crippen molar-refractivity contribution in [3.8, 4) is 0 Å². The zero-order valence-electron chi connectivity index (χ0n) is 16.4. The number of fused-ring (bicyclic) bond motifs is 1. The van der Waals surface area contributed by atoms with Crippen molar-refractivity contribution in [3.63, 3.8) is 0 Å². The number of aromatic nitrogens is 1. The molecule has 8 heteroatoms. The van der Waals surface area contributed by atoms with Gasteiger partial charge in [0.05, 0.1) is 10.2 Å². The SMILES string of the molecule is C=CCN1C(=O)[C@H](CC(=O)Nc2ccccc2C)SC1=Nc1nc2ccccc2s1. The number of thiazole rings is 1. The molecular weight excluding hydrogens is 416 g/mol. The van der Waals surface area contributed by atoms with Gasteiger partial charge in [-0.05, 0) is 30.7 Å². The summed E-state index contributed by atoms with van der Waals surface area (Å²) in [5, 5.41) is 3.50. The lowest BCUT2D eigenvalue weighted by molar-refractivity contribution is -0.127. The lowest BCUT2D eigenvalue weighted by Gasteiger charge is -2.13. The Bertz CT molecular complexity index is 1120. The molecule has 0 saturated carbocycles. The molecule has 3 aromatic rings. The van der Waals surface area contributed by atoms with Gasteiger partial charge in [0.25, 0.3) is 0 Å². The molecule has 1 saturated heterocycles. The van der Waals surface area contributed by atoms with Crippen LogP contribution in [0.2, 0.25) is 0 Å². The van der Waals surface area contributed by atoms with Crippen molar-refractivity contribution >= 4 is 61.1 Å². The highest BCUT2D eigenvalue weighted by Gasteiger charge is 2.38. The fraction of sp³-hybridized carbons (Fsp3) is 0.182. The van der Waals surface area contributed by atoms with Gasteiger partial charge in [0.2, 0.25) is 16.9 Å². The summed E-state index contributed by atoms with van der Waals surface area (Å²) in [6.45, 7) is 6.00. The molecule has 0 radical (unpaired) electrons. The van der Waals surface area contributed by atoms with Crippen LogP contribution < -0.4 is 5.32 Å². The third kappa shape index (κ3) is 4.29. The molecule has 1 aromatic heterocycles. The van der Waals surface area contributed by atoms with Crippen molar-refractivity contribution < 1.29 is 9.59 Å². The molecule has 6 nitrogen and oxygen atoms in total. The molecular formula is C22H20N4O2S2. The van der Waals surface area contributed by atoms with Crippen molar-refractivity contribution in [2.24, 2.45) is 4.99 Å². The van der Waals surface area contributed by atoms with Crippen molar-refractivity contribution in [3.05, 3.63) is 66.7 Å². The Balaban J connectivity index is 1.52. The number of hydrogen-bond donors (Lipinski definition) is 1. The first-order valence-corrected chi connectivity index (χ1v) is 11.1. The standard InChI is InChI=1S/C22H20N4O2S2/c1-3-12-26-20(28)18(13-19(27)23-15-9-5-4-8-14(15)2)30-22(26)25-21-24-16-10-6-7-11-17(16)29-21/h3-11,18H,1,12-13H2,2H3,(H,23,27)/t18-/m0/s1. The number of para-hydroxylation sites is 2. The molecule has 152 valence electrons. The summed E-state index contributed by atoms with van der Waals surface area (Å²) in [4.78, 5) is 36.2. The van der Waals surface area contributed by atoms with E-state index in [0.717, 1.165) is 21.5 Å². The predicted molar refractivity (Wildman–Crippen MR) is 124 cm³/mol. The van der Waals surface area contributed by atoms with Crippen LogP contribution in [0.5, 0.6) is 0 Å². The van der Waals surface area contributed by atoms with Crippen molar-refractivity contribution in [2.75, 3.05) is 11.9 Å². The van der Waals surface area contributed by atoms with E-state index < -0.39 is 5.25 Å². The molecule has 2 aromatic carbocycles. The molecule has 1 aliphatic heterocycles. The maximum Gasteiger partial charge on any atom is 0.242 e. The first kappa shape index (κ1) is 20.3. The average Bonchev–Trinajstić information content (AvgIpc) is 3.26. The quantitative estimate of drug-likeness (QED) is 0.566. The van der Waals surface area contributed by atoms with Gasteiger partial charge >= 0.3 is 0 Å². The van der Waals surface area contributed by atoms with E-state index in [2.05, 4.69) is 21.9 Å². The number of nitrogens with zero attached hydrogens (tertiary/aromatic N) is 3. The third-order valence-corrected chi connectivity index (χ3v) is 6.70. The summed E-state index contributed by atoms with van der Waals surface area (Å²) in [6, 6.07) is 15.4. The number of thioether (sulfide) groups is 1. The van der Waals surface area contributed by atoms with Crippen molar-refractivity contribution in [2.45, 2.75) is 18.6 Å². The third-order valence-electron chi connectivity index (χ3n) is 4.60. The van der Waals surface area contributed by atoms with Crippen LogP contribution in [0.4, 0.5) is 10.8 Å². The summed E-state index contributed by atoms with van der Waals surface area (Å²) in [7, 11) is 0. The second-order valence-corrected chi connectivity index (χ2v) is 8.95. The summed E-state index contributed by atoms with van der Waals surface area (Å²) in [5.41, 5.74) is 2.60. The minimum atomic E-state index is -0.526. The first-order chi connectivity index (χ1) is 14.5. The van der Waals surface area contributed by atoms with Crippen LogP contribution in [0.25, 0.3) is 10.2 Å². The Morgan fingerprint density at radius 3 is 2.80 bits per heavy atom. The van der Waals surface area contributed by atoms with Crippen molar-refractivity contribution in [1.29, 1.82) is 0 Å².